The van der Waals surface area contributed by atoms with Crippen molar-refractivity contribution in [1.82, 2.24) is 0 Å². The normalized spacial score (nSPS) is 12.1. The zero-order valence-electron chi connectivity index (χ0n) is 11.8. The van der Waals surface area contributed by atoms with Crippen LogP contribution in [0.4, 0.5) is 0 Å². The average Bonchev–Trinajstić information content (AvgIpc) is 2.34. The van der Waals surface area contributed by atoms with Gasteiger partial charge in [-0.3, -0.25) is 0 Å². The quantitative estimate of drug-likeness (QED) is 0.776. The highest BCUT2D eigenvalue weighted by Crippen LogP contribution is 2.24. The standard InChI is InChI=1S/C15H21NO2S/c1-15(2,3)13-7-9-14(10-8-13)19(17,18)12-6-4-5-11-16/h7-10H,4-6,12H2,1-3H3. The molecule has 1 aromatic rings. The van der Waals surface area contributed by atoms with Crippen LogP contribution in [0.5, 0.6) is 0 Å². The van der Waals surface area contributed by atoms with Crippen molar-refractivity contribution in [3.63, 3.8) is 0 Å². The molecule has 0 bridgehead atoms. The van der Waals surface area contributed by atoms with Gasteiger partial charge in [-0.05, 0) is 36.0 Å². The molecule has 0 saturated heterocycles. The minimum Gasteiger partial charge on any atom is -0.224 e. The van der Waals surface area contributed by atoms with Crippen molar-refractivity contribution in [3.05, 3.63) is 29.8 Å². The molecule has 104 valence electrons. The number of rotatable bonds is 5. The number of benzene rings is 1. The van der Waals surface area contributed by atoms with Crippen LogP contribution in [-0.2, 0) is 15.3 Å². The first-order chi connectivity index (χ1) is 8.77. The van der Waals surface area contributed by atoms with E-state index in [1.54, 1.807) is 12.1 Å². The summed E-state index contributed by atoms with van der Waals surface area (Å²) in [5, 5.41) is 8.42. The summed E-state index contributed by atoms with van der Waals surface area (Å²) in [6.07, 6.45) is 1.59. The van der Waals surface area contributed by atoms with E-state index in [2.05, 4.69) is 20.8 Å². The highest BCUT2D eigenvalue weighted by atomic mass is 32.2. The smallest absolute Gasteiger partial charge is 0.178 e. The Morgan fingerprint density at radius 3 is 2.16 bits per heavy atom. The molecule has 19 heavy (non-hydrogen) atoms. The molecular weight excluding hydrogens is 258 g/mol. The lowest BCUT2D eigenvalue weighted by Crippen LogP contribution is -2.12. The van der Waals surface area contributed by atoms with Gasteiger partial charge in [0.2, 0.25) is 0 Å². The molecule has 0 radical (unpaired) electrons. The highest BCUT2D eigenvalue weighted by molar-refractivity contribution is 7.91. The van der Waals surface area contributed by atoms with E-state index in [4.69, 9.17) is 5.26 Å². The number of hydrogen-bond donors (Lipinski definition) is 0. The molecule has 0 unspecified atom stereocenters. The lowest BCUT2D eigenvalue weighted by atomic mass is 9.87. The molecule has 1 rings (SSSR count). The molecule has 3 nitrogen and oxygen atoms in total. The Morgan fingerprint density at radius 1 is 1.11 bits per heavy atom. The molecule has 0 fully saturated rings. The second kappa shape index (κ2) is 6.21. The third-order valence-electron chi connectivity index (χ3n) is 3.03. The minimum absolute atomic E-state index is 0.0229. The number of nitriles is 1. The van der Waals surface area contributed by atoms with Gasteiger partial charge in [-0.25, -0.2) is 8.42 Å². The fourth-order valence-corrected chi connectivity index (χ4v) is 3.15. The summed E-state index contributed by atoms with van der Waals surface area (Å²) in [6.45, 7) is 6.29. The first-order valence-electron chi connectivity index (χ1n) is 6.47. The molecule has 0 aromatic heterocycles. The van der Waals surface area contributed by atoms with E-state index in [9.17, 15) is 8.42 Å². The topological polar surface area (TPSA) is 57.9 Å². The summed E-state index contributed by atoms with van der Waals surface area (Å²) < 4.78 is 24.1. The Bertz CT molecular complexity index is 545. The van der Waals surface area contributed by atoms with Crippen LogP contribution in [0.3, 0.4) is 0 Å². The van der Waals surface area contributed by atoms with E-state index in [0.29, 0.717) is 24.2 Å². The van der Waals surface area contributed by atoms with Gasteiger partial charge in [0.15, 0.2) is 9.84 Å². The van der Waals surface area contributed by atoms with Gasteiger partial charge < -0.3 is 0 Å². The molecule has 0 aliphatic rings. The number of unbranched alkanes of at least 4 members (excludes halogenated alkanes) is 2. The Hall–Kier alpha value is -1.34. The summed E-state index contributed by atoms with van der Waals surface area (Å²) in [7, 11) is -3.21. The molecule has 0 spiro atoms. The molecule has 0 aliphatic heterocycles. The lowest BCUT2D eigenvalue weighted by molar-refractivity contribution is 0.585. The Kier molecular flexibility index (Phi) is 5.13. The number of nitrogens with zero attached hydrogens (tertiary/aromatic N) is 1. The van der Waals surface area contributed by atoms with Gasteiger partial charge >= 0.3 is 0 Å². The second-order valence-corrected chi connectivity index (χ2v) is 7.82. The molecule has 0 saturated carbocycles. The minimum atomic E-state index is -3.21. The van der Waals surface area contributed by atoms with Crippen molar-refractivity contribution in [3.8, 4) is 6.07 Å². The van der Waals surface area contributed by atoms with E-state index in [1.165, 1.54) is 0 Å². The van der Waals surface area contributed by atoms with Gasteiger partial charge in [0, 0.05) is 6.42 Å². The van der Waals surface area contributed by atoms with Gasteiger partial charge in [0.1, 0.15) is 0 Å². The molecule has 4 heteroatoms. The largest absolute Gasteiger partial charge is 0.224 e. The molecule has 0 atom stereocenters. The van der Waals surface area contributed by atoms with Crippen molar-refractivity contribution in [2.24, 2.45) is 0 Å². The summed E-state index contributed by atoms with van der Waals surface area (Å²) in [6, 6.07) is 9.14. The van der Waals surface area contributed by atoms with Gasteiger partial charge in [0.25, 0.3) is 0 Å². The fourth-order valence-electron chi connectivity index (χ4n) is 1.78. The summed E-state index contributed by atoms with van der Waals surface area (Å²) >= 11 is 0. The maximum absolute atomic E-state index is 12.1. The predicted octanol–water partition coefficient (Wildman–Crippen LogP) is 3.45. The van der Waals surface area contributed by atoms with E-state index >= 15 is 0 Å². The molecular formula is C15H21NO2S. The fraction of sp³-hybridized carbons (Fsp3) is 0.533. The van der Waals surface area contributed by atoms with Gasteiger partial charge in [0.05, 0.1) is 16.7 Å². The third-order valence-corrected chi connectivity index (χ3v) is 4.85. The maximum atomic E-state index is 12.1. The van der Waals surface area contributed by atoms with E-state index in [1.807, 2.05) is 18.2 Å². The highest BCUT2D eigenvalue weighted by Gasteiger charge is 2.17. The van der Waals surface area contributed by atoms with Crippen LogP contribution in [0.15, 0.2) is 29.2 Å². The van der Waals surface area contributed by atoms with Gasteiger partial charge in [-0.2, -0.15) is 5.26 Å². The van der Waals surface area contributed by atoms with Crippen LogP contribution in [0.1, 0.15) is 45.6 Å². The van der Waals surface area contributed by atoms with Crippen LogP contribution in [0.2, 0.25) is 0 Å². The summed E-state index contributed by atoms with van der Waals surface area (Å²) in [4.78, 5) is 0.373. The molecule has 0 N–H and O–H groups in total. The van der Waals surface area contributed by atoms with Crippen molar-refractivity contribution >= 4 is 9.84 Å². The Labute approximate surface area is 116 Å². The lowest BCUT2D eigenvalue weighted by Gasteiger charge is -2.19. The third kappa shape index (κ3) is 4.68. The Balaban J connectivity index is 2.77. The number of sulfone groups is 1. The first-order valence-corrected chi connectivity index (χ1v) is 8.13. The predicted molar refractivity (Wildman–Crippen MR) is 76.7 cm³/mol. The first kappa shape index (κ1) is 15.7. The maximum Gasteiger partial charge on any atom is 0.178 e. The van der Waals surface area contributed by atoms with Crippen LogP contribution in [-0.4, -0.2) is 14.2 Å². The van der Waals surface area contributed by atoms with Crippen molar-refractivity contribution < 1.29 is 8.42 Å². The Morgan fingerprint density at radius 2 is 1.68 bits per heavy atom. The molecule has 0 amide bonds. The monoisotopic (exact) mass is 279 g/mol. The molecule has 0 heterocycles. The zero-order valence-corrected chi connectivity index (χ0v) is 12.6. The van der Waals surface area contributed by atoms with Crippen molar-refractivity contribution in [2.75, 3.05) is 5.75 Å². The molecule has 1 aromatic carbocycles. The van der Waals surface area contributed by atoms with E-state index < -0.39 is 9.84 Å². The van der Waals surface area contributed by atoms with Crippen LogP contribution >= 0.6 is 0 Å². The van der Waals surface area contributed by atoms with E-state index in [0.717, 1.165) is 5.56 Å². The summed E-state index contributed by atoms with van der Waals surface area (Å²) in [5.74, 6) is 0.115. The SMILES string of the molecule is CC(C)(C)c1ccc(S(=O)(=O)CCCCC#N)cc1. The zero-order chi connectivity index (χ0) is 14.5. The number of hydrogen-bond acceptors (Lipinski definition) is 3. The summed E-state index contributed by atoms with van der Waals surface area (Å²) in [5.41, 5.74) is 1.14. The van der Waals surface area contributed by atoms with Crippen LogP contribution < -0.4 is 0 Å². The van der Waals surface area contributed by atoms with Crippen molar-refractivity contribution in [1.29, 1.82) is 5.26 Å². The van der Waals surface area contributed by atoms with Crippen molar-refractivity contribution in [2.45, 2.75) is 50.3 Å². The van der Waals surface area contributed by atoms with Crippen LogP contribution in [0.25, 0.3) is 0 Å². The second-order valence-electron chi connectivity index (χ2n) is 5.71. The molecule has 0 aliphatic carbocycles. The average molecular weight is 279 g/mol. The van der Waals surface area contributed by atoms with Gasteiger partial charge in [-0.15, -0.1) is 0 Å². The van der Waals surface area contributed by atoms with Crippen LogP contribution in [0, 0.1) is 11.3 Å². The van der Waals surface area contributed by atoms with E-state index in [-0.39, 0.29) is 11.2 Å². The van der Waals surface area contributed by atoms with Gasteiger partial charge in [-0.1, -0.05) is 32.9 Å².